The lowest BCUT2D eigenvalue weighted by Gasteiger charge is -2.26. The number of pyridine rings is 1. The molecule has 0 radical (unpaired) electrons. The lowest BCUT2D eigenvalue weighted by molar-refractivity contribution is 0.0949. The van der Waals surface area contributed by atoms with Crippen LogP contribution in [-0.2, 0) is 0 Å². The number of nitrogens with one attached hydrogen (secondary N) is 1. The van der Waals surface area contributed by atoms with E-state index in [1.54, 1.807) is 17.2 Å². The van der Waals surface area contributed by atoms with Gasteiger partial charge in [-0.3, -0.25) is 4.79 Å². The predicted molar refractivity (Wildman–Crippen MR) is 99.0 cm³/mol. The number of nitrogens with zero attached hydrogens (tertiary/aromatic N) is 5. The number of ether oxygens (including phenoxy) is 1. The highest BCUT2D eigenvalue weighted by molar-refractivity contribution is 6.04. The van der Waals surface area contributed by atoms with E-state index < -0.39 is 23.9 Å². The highest BCUT2D eigenvalue weighted by Gasteiger charge is 2.37. The molecule has 2 bridgehead atoms. The molecule has 0 aliphatic carbocycles. The van der Waals surface area contributed by atoms with Gasteiger partial charge in [0.25, 0.3) is 5.91 Å². The van der Waals surface area contributed by atoms with Crippen LogP contribution in [0.3, 0.4) is 0 Å². The standard InChI is InChI=1S/C18H17F2N7O2/c19-9-5-11-12-6-10(20)8-26(12)13-1-3-27-16(24-13)14(15(21)25-27)17(28)22-2-4-29-18(11)23-7-9/h1,3,5,7,10,12H,2,4,6,8H2,(H2,21,25)(H,22,28)/t10-,12+/m0/s1. The number of anilines is 2. The molecule has 29 heavy (non-hydrogen) atoms. The Morgan fingerprint density at radius 3 is 3.10 bits per heavy atom. The van der Waals surface area contributed by atoms with E-state index in [1.165, 1.54) is 10.6 Å². The number of nitrogen functional groups attached to an aromatic ring is 1. The van der Waals surface area contributed by atoms with Crippen molar-refractivity contribution in [3.63, 3.8) is 0 Å². The van der Waals surface area contributed by atoms with Crippen molar-refractivity contribution in [2.45, 2.75) is 18.6 Å². The Hall–Kier alpha value is -3.50. The number of alkyl halides is 1. The van der Waals surface area contributed by atoms with Gasteiger partial charge >= 0.3 is 0 Å². The van der Waals surface area contributed by atoms with Crippen LogP contribution in [0.1, 0.15) is 28.4 Å². The molecule has 1 saturated heterocycles. The molecular formula is C18H17F2N7O2. The molecule has 11 heteroatoms. The van der Waals surface area contributed by atoms with Gasteiger partial charge in [0.05, 0.1) is 25.3 Å². The summed E-state index contributed by atoms with van der Waals surface area (Å²) in [5.41, 5.74) is 6.76. The van der Waals surface area contributed by atoms with Crippen molar-refractivity contribution < 1.29 is 18.3 Å². The third-order valence-corrected chi connectivity index (χ3v) is 5.10. The van der Waals surface area contributed by atoms with Gasteiger partial charge in [0, 0.05) is 18.2 Å². The van der Waals surface area contributed by atoms with Crippen molar-refractivity contribution in [1.29, 1.82) is 0 Å². The molecule has 1 fully saturated rings. The molecule has 2 atom stereocenters. The molecule has 5 heterocycles. The van der Waals surface area contributed by atoms with Crippen molar-refractivity contribution in [2.24, 2.45) is 0 Å². The molecule has 2 aliphatic heterocycles. The Labute approximate surface area is 163 Å². The number of fused-ring (bicyclic) bond motifs is 5. The molecule has 9 nitrogen and oxygen atoms in total. The van der Waals surface area contributed by atoms with Gasteiger partial charge in [0.2, 0.25) is 5.88 Å². The van der Waals surface area contributed by atoms with E-state index in [0.29, 0.717) is 11.4 Å². The normalized spacial score (nSPS) is 21.6. The Morgan fingerprint density at radius 1 is 1.38 bits per heavy atom. The zero-order valence-corrected chi connectivity index (χ0v) is 15.2. The van der Waals surface area contributed by atoms with Crippen LogP contribution < -0.4 is 20.7 Å². The second-order valence-corrected chi connectivity index (χ2v) is 6.97. The molecule has 5 rings (SSSR count). The third kappa shape index (κ3) is 2.89. The van der Waals surface area contributed by atoms with E-state index in [9.17, 15) is 13.6 Å². The lowest BCUT2D eigenvalue weighted by atomic mass is 10.1. The first-order valence-electron chi connectivity index (χ1n) is 9.13. The zero-order chi connectivity index (χ0) is 20.1. The van der Waals surface area contributed by atoms with E-state index in [2.05, 4.69) is 20.4 Å². The van der Waals surface area contributed by atoms with Crippen LogP contribution >= 0.6 is 0 Å². The SMILES string of the molecule is Nc1nn2ccc3nc2c1C(=O)NCCOc1ncc(F)cc1[C@H]1C[C@H](F)CN31. The Balaban J connectivity index is 1.70. The van der Waals surface area contributed by atoms with E-state index in [4.69, 9.17) is 10.5 Å². The molecular weight excluding hydrogens is 384 g/mol. The van der Waals surface area contributed by atoms with Gasteiger partial charge < -0.3 is 20.7 Å². The Morgan fingerprint density at radius 2 is 2.24 bits per heavy atom. The molecule has 0 spiro atoms. The Kier molecular flexibility index (Phi) is 3.96. The summed E-state index contributed by atoms with van der Waals surface area (Å²) in [6, 6.07) is 2.43. The minimum atomic E-state index is -1.14. The number of nitrogens with two attached hydrogens (primary N) is 1. The van der Waals surface area contributed by atoms with E-state index in [0.717, 1.165) is 6.20 Å². The molecule has 0 unspecified atom stereocenters. The second-order valence-electron chi connectivity index (χ2n) is 6.97. The van der Waals surface area contributed by atoms with Crippen LogP contribution in [0.4, 0.5) is 20.4 Å². The van der Waals surface area contributed by atoms with Crippen molar-refractivity contribution in [3.8, 4) is 5.88 Å². The first-order valence-corrected chi connectivity index (χ1v) is 9.13. The number of hydrogen-bond acceptors (Lipinski definition) is 7. The number of aromatic nitrogens is 4. The summed E-state index contributed by atoms with van der Waals surface area (Å²) in [5.74, 6) is -0.324. The van der Waals surface area contributed by atoms with Crippen molar-refractivity contribution in [3.05, 3.63) is 41.5 Å². The van der Waals surface area contributed by atoms with Crippen molar-refractivity contribution in [1.82, 2.24) is 24.9 Å². The van der Waals surface area contributed by atoms with Crippen LogP contribution in [0.15, 0.2) is 24.5 Å². The van der Waals surface area contributed by atoms with Crippen LogP contribution in [0, 0.1) is 5.82 Å². The molecule has 0 aromatic carbocycles. The topological polar surface area (TPSA) is 111 Å². The van der Waals surface area contributed by atoms with Gasteiger partial charge in [-0.1, -0.05) is 0 Å². The summed E-state index contributed by atoms with van der Waals surface area (Å²) in [7, 11) is 0. The maximum absolute atomic E-state index is 14.4. The second kappa shape index (κ2) is 6.54. The Bertz CT molecular complexity index is 1120. The summed E-state index contributed by atoms with van der Waals surface area (Å²) >= 11 is 0. The number of amides is 1. The molecule has 3 aromatic heterocycles. The first-order chi connectivity index (χ1) is 14.0. The highest BCUT2D eigenvalue weighted by atomic mass is 19.1. The first kappa shape index (κ1) is 17.6. The van der Waals surface area contributed by atoms with E-state index >= 15 is 0 Å². The van der Waals surface area contributed by atoms with Crippen molar-refractivity contribution >= 4 is 23.2 Å². The average Bonchev–Trinajstić information content (AvgIpc) is 3.23. The molecule has 0 saturated carbocycles. The summed E-state index contributed by atoms with van der Waals surface area (Å²) in [5, 5.41) is 6.82. The molecule has 1 amide bonds. The zero-order valence-electron chi connectivity index (χ0n) is 15.2. The molecule has 3 N–H and O–H groups in total. The van der Waals surface area contributed by atoms with E-state index in [1.807, 2.05) is 0 Å². The maximum atomic E-state index is 14.4. The molecule has 2 aliphatic rings. The minimum absolute atomic E-state index is 0.0382. The smallest absolute Gasteiger partial charge is 0.259 e. The maximum Gasteiger partial charge on any atom is 0.259 e. The summed E-state index contributed by atoms with van der Waals surface area (Å²) in [6.07, 6.45) is 1.65. The fourth-order valence-corrected chi connectivity index (χ4v) is 3.85. The van der Waals surface area contributed by atoms with Crippen molar-refractivity contribution in [2.75, 3.05) is 30.3 Å². The summed E-state index contributed by atoms with van der Waals surface area (Å²) in [6.45, 7) is 0.321. The predicted octanol–water partition coefficient (Wildman–Crippen LogP) is 1.26. The lowest BCUT2D eigenvalue weighted by Crippen LogP contribution is -2.29. The monoisotopic (exact) mass is 401 g/mol. The van der Waals surface area contributed by atoms with Crippen LogP contribution in [0.2, 0.25) is 0 Å². The van der Waals surface area contributed by atoms with Gasteiger partial charge in [0.1, 0.15) is 30.0 Å². The van der Waals surface area contributed by atoms with Gasteiger partial charge in [-0.15, -0.1) is 5.10 Å². The number of halogens is 2. The van der Waals surface area contributed by atoms with Gasteiger partial charge in [-0.25, -0.2) is 23.3 Å². The number of rotatable bonds is 0. The largest absolute Gasteiger partial charge is 0.476 e. The van der Waals surface area contributed by atoms with Gasteiger partial charge in [0.15, 0.2) is 11.5 Å². The fraction of sp³-hybridized carbons (Fsp3) is 0.333. The number of carbonyl (C=O) groups excluding carboxylic acids is 1. The third-order valence-electron chi connectivity index (χ3n) is 5.10. The van der Waals surface area contributed by atoms with Gasteiger partial charge in [-0.2, -0.15) is 0 Å². The minimum Gasteiger partial charge on any atom is -0.476 e. The molecule has 150 valence electrons. The van der Waals surface area contributed by atoms with Crippen LogP contribution in [-0.4, -0.2) is 51.4 Å². The quantitative estimate of drug-likeness (QED) is 0.583. The van der Waals surface area contributed by atoms with Crippen LogP contribution in [0.5, 0.6) is 5.88 Å². The van der Waals surface area contributed by atoms with Crippen LogP contribution in [0.25, 0.3) is 5.65 Å². The fourth-order valence-electron chi connectivity index (χ4n) is 3.85. The number of carbonyl (C=O) groups is 1. The average molecular weight is 401 g/mol. The molecule has 3 aromatic rings. The summed E-state index contributed by atoms with van der Waals surface area (Å²) < 4.78 is 35.5. The summed E-state index contributed by atoms with van der Waals surface area (Å²) in [4.78, 5) is 22.9. The van der Waals surface area contributed by atoms with E-state index in [-0.39, 0.29) is 49.0 Å². The number of hydrogen-bond donors (Lipinski definition) is 2. The van der Waals surface area contributed by atoms with Gasteiger partial charge in [-0.05, 0) is 12.1 Å². The highest BCUT2D eigenvalue weighted by Crippen LogP contribution is 2.40.